The molecule has 2 saturated heterocycles. The van der Waals surface area contributed by atoms with E-state index in [0.717, 1.165) is 52.4 Å². The van der Waals surface area contributed by atoms with Gasteiger partial charge in [0.15, 0.2) is 5.96 Å². The topological polar surface area (TPSA) is 49.3 Å². The van der Waals surface area contributed by atoms with Crippen molar-refractivity contribution in [1.82, 2.24) is 15.1 Å². The lowest BCUT2D eigenvalue weighted by Gasteiger charge is -2.29. The Labute approximate surface area is 186 Å². The molecular formula is C19H28F3IN4O2. The number of likely N-dealkylation sites (tertiary alicyclic amines) is 1. The van der Waals surface area contributed by atoms with Gasteiger partial charge in [-0.25, -0.2) is 4.39 Å². The Balaban J connectivity index is 0.00000300. The van der Waals surface area contributed by atoms with Crippen LogP contribution in [0, 0.1) is 11.7 Å². The molecule has 1 atom stereocenters. The van der Waals surface area contributed by atoms with Crippen molar-refractivity contribution in [3.8, 4) is 5.75 Å². The van der Waals surface area contributed by atoms with E-state index in [-0.39, 0.29) is 41.8 Å². The molecular weight excluding hydrogens is 500 g/mol. The Kier molecular flexibility index (Phi) is 9.76. The molecule has 6 nitrogen and oxygen atoms in total. The lowest BCUT2D eigenvalue weighted by Crippen LogP contribution is -2.42. The third-order valence-electron chi connectivity index (χ3n) is 5.13. The van der Waals surface area contributed by atoms with Crippen LogP contribution in [0.1, 0.15) is 12.0 Å². The van der Waals surface area contributed by atoms with Gasteiger partial charge in [0.2, 0.25) is 0 Å². The molecule has 0 aliphatic carbocycles. The molecule has 3 rings (SSSR count). The average molecular weight is 528 g/mol. The van der Waals surface area contributed by atoms with Crippen LogP contribution in [0.3, 0.4) is 0 Å². The Hall–Kier alpha value is -1.27. The molecule has 0 amide bonds. The van der Waals surface area contributed by atoms with Crippen molar-refractivity contribution in [2.75, 3.05) is 53.0 Å². The first kappa shape index (κ1) is 24.0. The van der Waals surface area contributed by atoms with E-state index in [0.29, 0.717) is 11.9 Å². The highest BCUT2D eigenvalue weighted by Gasteiger charge is 2.27. The number of hydrogen-bond donors (Lipinski definition) is 1. The van der Waals surface area contributed by atoms with E-state index in [1.165, 1.54) is 18.2 Å². The molecule has 0 spiro atoms. The maximum Gasteiger partial charge on any atom is 0.387 e. The SMILES string of the molecule is CN=C(NCc1c(F)cccc1OC(F)F)N1CCC(CN2CCOCC2)C1.I. The van der Waals surface area contributed by atoms with E-state index in [4.69, 9.17) is 4.74 Å². The zero-order valence-electron chi connectivity index (χ0n) is 16.5. The zero-order valence-corrected chi connectivity index (χ0v) is 18.8. The molecule has 0 saturated carbocycles. The molecule has 0 radical (unpaired) electrons. The second kappa shape index (κ2) is 11.8. The molecule has 1 N–H and O–H groups in total. The summed E-state index contributed by atoms with van der Waals surface area (Å²) in [4.78, 5) is 8.82. The minimum absolute atomic E-state index is 0. The highest BCUT2D eigenvalue weighted by Crippen LogP contribution is 2.24. The maximum absolute atomic E-state index is 14.1. The minimum atomic E-state index is -3.00. The van der Waals surface area contributed by atoms with Gasteiger partial charge in [-0.15, -0.1) is 24.0 Å². The summed E-state index contributed by atoms with van der Waals surface area (Å²) in [7, 11) is 1.66. The van der Waals surface area contributed by atoms with Crippen LogP contribution in [0.4, 0.5) is 13.2 Å². The summed E-state index contributed by atoms with van der Waals surface area (Å²) in [6.07, 6.45) is 1.05. The first-order valence-electron chi connectivity index (χ1n) is 9.54. The van der Waals surface area contributed by atoms with Crippen molar-refractivity contribution in [3.63, 3.8) is 0 Å². The maximum atomic E-state index is 14.1. The lowest BCUT2D eigenvalue weighted by molar-refractivity contribution is -0.0506. The molecule has 0 aromatic heterocycles. The van der Waals surface area contributed by atoms with Crippen LogP contribution in [-0.2, 0) is 11.3 Å². The van der Waals surface area contributed by atoms with Crippen LogP contribution < -0.4 is 10.1 Å². The number of nitrogens with one attached hydrogen (secondary N) is 1. The van der Waals surface area contributed by atoms with Crippen molar-refractivity contribution < 1.29 is 22.6 Å². The monoisotopic (exact) mass is 528 g/mol. The molecule has 1 aromatic rings. The first-order chi connectivity index (χ1) is 13.6. The molecule has 29 heavy (non-hydrogen) atoms. The summed E-state index contributed by atoms with van der Waals surface area (Å²) < 4.78 is 49.1. The second-order valence-corrected chi connectivity index (χ2v) is 7.01. The number of benzene rings is 1. The molecule has 10 heteroatoms. The second-order valence-electron chi connectivity index (χ2n) is 7.01. The van der Waals surface area contributed by atoms with E-state index in [1.807, 2.05) is 0 Å². The van der Waals surface area contributed by atoms with Crippen LogP contribution >= 0.6 is 24.0 Å². The van der Waals surface area contributed by atoms with Gasteiger partial charge in [-0.2, -0.15) is 8.78 Å². The van der Waals surface area contributed by atoms with Gasteiger partial charge in [0.1, 0.15) is 11.6 Å². The molecule has 164 valence electrons. The number of morpholine rings is 1. The highest BCUT2D eigenvalue weighted by molar-refractivity contribution is 14.0. The van der Waals surface area contributed by atoms with Gasteiger partial charge in [0.05, 0.1) is 13.2 Å². The Morgan fingerprint density at radius 1 is 1.31 bits per heavy atom. The number of rotatable bonds is 6. The van der Waals surface area contributed by atoms with Crippen molar-refractivity contribution in [1.29, 1.82) is 0 Å². The number of ether oxygens (including phenoxy) is 2. The summed E-state index contributed by atoms with van der Waals surface area (Å²) in [5.74, 6) is 0.413. The summed E-state index contributed by atoms with van der Waals surface area (Å²) in [5.41, 5.74) is 0.0630. The number of alkyl halides is 2. The molecule has 0 bridgehead atoms. The third-order valence-corrected chi connectivity index (χ3v) is 5.13. The normalized spacial score (nSPS) is 20.7. The van der Waals surface area contributed by atoms with Crippen LogP contribution in [0.15, 0.2) is 23.2 Å². The van der Waals surface area contributed by atoms with Crippen molar-refractivity contribution in [2.24, 2.45) is 10.9 Å². The van der Waals surface area contributed by atoms with Crippen LogP contribution in [0.25, 0.3) is 0 Å². The van der Waals surface area contributed by atoms with E-state index in [2.05, 4.69) is 24.8 Å². The van der Waals surface area contributed by atoms with Gasteiger partial charge in [-0.3, -0.25) is 9.89 Å². The molecule has 1 unspecified atom stereocenters. The smallest absolute Gasteiger partial charge is 0.387 e. The van der Waals surface area contributed by atoms with Crippen LogP contribution in [0.5, 0.6) is 5.75 Å². The highest BCUT2D eigenvalue weighted by atomic mass is 127. The summed E-state index contributed by atoms with van der Waals surface area (Å²) in [6.45, 7) is 3.24. The van der Waals surface area contributed by atoms with Crippen molar-refractivity contribution >= 4 is 29.9 Å². The predicted octanol–water partition coefficient (Wildman–Crippen LogP) is 2.77. The molecule has 2 heterocycles. The van der Waals surface area contributed by atoms with E-state index in [1.54, 1.807) is 7.05 Å². The Bertz CT molecular complexity index is 675. The van der Waals surface area contributed by atoms with Crippen LogP contribution in [-0.4, -0.2) is 75.4 Å². The van der Waals surface area contributed by atoms with Crippen molar-refractivity contribution in [2.45, 2.75) is 19.6 Å². The van der Waals surface area contributed by atoms with Gasteiger partial charge in [0, 0.05) is 51.9 Å². The number of aliphatic imine (C=N–C) groups is 1. The van der Waals surface area contributed by atoms with E-state index < -0.39 is 12.4 Å². The summed E-state index contributed by atoms with van der Waals surface area (Å²) >= 11 is 0. The number of nitrogens with zero attached hydrogens (tertiary/aromatic N) is 3. The molecule has 2 aliphatic rings. The van der Waals surface area contributed by atoms with E-state index in [9.17, 15) is 13.2 Å². The lowest BCUT2D eigenvalue weighted by atomic mass is 10.1. The predicted molar refractivity (Wildman–Crippen MR) is 116 cm³/mol. The summed E-state index contributed by atoms with van der Waals surface area (Å²) in [6, 6.07) is 3.91. The summed E-state index contributed by atoms with van der Waals surface area (Å²) in [5, 5.41) is 3.08. The standard InChI is InChI=1S/C19H27F3N4O2.HI/c1-23-19(24-11-15-16(20)3-2-4-17(15)28-18(21)22)26-6-5-14(13-26)12-25-7-9-27-10-8-25;/h2-4,14,18H,5-13H2,1H3,(H,23,24);1H. The van der Waals surface area contributed by atoms with Crippen molar-refractivity contribution in [3.05, 3.63) is 29.6 Å². The third kappa shape index (κ3) is 6.88. The fraction of sp³-hybridized carbons (Fsp3) is 0.632. The van der Waals surface area contributed by atoms with Gasteiger partial charge >= 0.3 is 6.61 Å². The Morgan fingerprint density at radius 3 is 2.76 bits per heavy atom. The van der Waals surface area contributed by atoms with E-state index >= 15 is 0 Å². The van der Waals surface area contributed by atoms with Crippen LogP contribution in [0.2, 0.25) is 0 Å². The quantitative estimate of drug-likeness (QED) is 0.350. The first-order valence-corrected chi connectivity index (χ1v) is 9.54. The number of halogens is 4. The van der Waals surface area contributed by atoms with Gasteiger partial charge < -0.3 is 19.7 Å². The van der Waals surface area contributed by atoms with Gasteiger partial charge in [0.25, 0.3) is 0 Å². The fourth-order valence-corrected chi connectivity index (χ4v) is 3.74. The Morgan fingerprint density at radius 2 is 2.07 bits per heavy atom. The fourth-order valence-electron chi connectivity index (χ4n) is 3.74. The average Bonchev–Trinajstić information content (AvgIpc) is 3.13. The molecule has 1 aromatic carbocycles. The number of hydrogen-bond acceptors (Lipinski definition) is 4. The largest absolute Gasteiger partial charge is 0.434 e. The zero-order chi connectivity index (χ0) is 19.9. The molecule has 2 aliphatic heterocycles. The van der Waals surface area contributed by atoms with Gasteiger partial charge in [-0.05, 0) is 24.5 Å². The molecule has 2 fully saturated rings. The minimum Gasteiger partial charge on any atom is -0.434 e. The van der Waals surface area contributed by atoms with Gasteiger partial charge in [-0.1, -0.05) is 6.07 Å². The number of guanidine groups is 1.